The number of likely N-dealkylation sites (tertiary alicyclic amines) is 1. The van der Waals surface area contributed by atoms with Crippen molar-refractivity contribution in [1.82, 2.24) is 4.90 Å². The van der Waals surface area contributed by atoms with Crippen molar-refractivity contribution in [1.29, 1.82) is 0 Å². The minimum Gasteiger partial charge on any atom is -0.390 e. The Kier molecular flexibility index (Phi) is 1.75. The first-order valence-corrected chi connectivity index (χ1v) is 3.07. The molecule has 1 N–H and O–H groups in total. The third-order valence-electron chi connectivity index (χ3n) is 1.69. The number of aliphatic hydroxyl groups is 1. The fourth-order valence-electron chi connectivity index (χ4n) is 1.14. The Bertz CT molecular complexity index is 138. The summed E-state index contributed by atoms with van der Waals surface area (Å²) >= 11 is 0. The van der Waals surface area contributed by atoms with Gasteiger partial charge in [-0.05, 0) is 7.05 Å². The molecule has 0 bridgehead atoms. The average molecular weight is 125 g/mol. The van der Waals surface area contributed by atoms with Crippen molar-refractivity contribution >= 4 is 0 Å². The maximum Gasteiger partial charge on any atom is 0.0816 e. The number of β-amino-alcohol motifs (C(OH)–C–C–N with tert-alkyl or cyclic N) is 1. The summed E-state index contributed by atoms with van der Waals surface area (Å²) in [4.78, 5) is 2.04. The van der Waals surface area contributed by atoms with E-state index in [4.69, 9.17) is 6.42 Å². The van der Waals surface area contributed by atoms with Gasteiger partial charge in [-0.2, -0.15) is 0 Å². The van der Waals surface area contributed by atoms with Crippen LogP contribution in [0.25, 0.3) is 0 Å². The first-order chi connectivity index (χ1) is 4.24. The van der Waals surface area contributed by atoms with E-state index in [1.54, 1.807) is 0 Å². The highest BCUT2D eigenvalue weighted by atomic mass is 16.3. The van der Waals surface area contributed by atoms with Gasteiger partial charge in [0, 0.05) is 13.1 Å². The van der Waals surface area contributed by atoms with Crippen LogP contribution < -0.4 is 0 Å². The van der Waals surface area contributed by atoms with Gasteiger partial charge < -0.3 is 10.0 Å². The summed E-state index contributed by atoms with van der Waals surface area (Å²) in [6.45, 7) is 1.55. The molecular weight excluding hydrogens is 114 g/mol. The molecule has 0 spiro atoms. The average Bonchev–Trinajstić information content (AvgIpc) is 2.10. The zero-order chi connectivity index (χ0) is 6.85. The molecule has 1 rings (SSSR count). The van der Waals surface area contributed by atoms with Crippen LogP contribution in [0.5, 0.6) is 0 Å². The van der Waals surface area contributed by atoms with Crippen LogP contribution in [0.2, 0.25) is 0 Å². The lowest BCUT2D eigenvalue weighted by atomic mass is 10.1. The number of terminal acetylenes is 1. The van der Waals surface area contributed by atoms with Crippen molar-refractivity contribution < 1.29 is 5.11 Å². The summed E-state index contributed by atoms with van der Waals surface area (Å²) in [6, 6.07) is 0. The van der Waals surface area contributed by atoms with Crippen LogP contribution in [0, 0.1) is 18.3 Å². The van der Waals surface area contributed by atoms with Gasteiger partial charge in [0.15, 0.2) is 0 Å². The first-order valence-electron chi connectivity index (χ1n) is 3.07. The zero-order valence-electron chi connectivity index (χ0n) is 5.54. The quantitative estimate of drug-likeness (QED) is 0.443. The number of hydrogen-bond acceptors (Lipinski definition) is 2. The van der Waals surface area contributed by atoms with Gasteiger partial charge in [0.05, 0.1) is 12.0 Å². The third-order valence-corrected chi connectivity index (χ3v) is 1.69. The molecule has 9 heavy (non-hydrogen) atoms. The minimum atomic E-state index is -0.306. The summed E-state index contributed by atoms with van der Waals surface area (Å²) < 4.78 is 0. The van der Waals surface area contributed by atoms with E-state index in [1.165, 1.54) is 0 Å². The van der Waals surface area contributed by atoms with Gasteiger partial charge in [-0.15, -0.1) is 6.42 Å². The predicted molar refractivity (Wildman–Crippen MR) is 35.8 cm³/mol. The van der Waals surface area contributed by atoms with E-state index in [2.05, 4.69) is 5.92 Å². The summed E-state index contributed by atoms with van der Waals surface area (Å²) in [5.41, 5.74) is 0. The molecule has 2 heteroatoms. The lowest BCUT2D eigenvalue weighted by molar-refractivity contribution is 0.163. The van der Waals surface area contributed by atoms with Gasteiger partial charge in [0.1, 0.15) is 0 Å². The molecule has 0 aromatic carbocycles. The number of likely N-dealkylation sites (N-methyl/N-ethyl adjacent to an activating group) is 1. The number of aliphatic hydroxyl groups excluding tert-OH is 1. The molecule has 2 atom stereocenters. The van der Waals surface area contributed by atoms with Gasteiger partial charge in [-0.3, -0.25) is 0 Å². The van der Waals surface area contributed by atoms with Gasteiger partial charge in [0.25, 0.3) is 0 Å². The first kappa shape index (κ1) is 6.60. The smallest absolute Gasteiger partial charge is 0.0816 e. The summed E-state index contributed by atoms with van der Waals surface area (Å²) in [5, 5.41) is 9.18. The SMILES string of the molecule is C#C[C@H]1CN(C)C[C@@H]1O. The molecule has 0 aromatic rings. The monoisotopic (exact) mass is 125 g/mol. The van der Waals surface area contributed by atoms with Crippen molar-refractivity contribution in [2.45, 2.75) is 6.10 Å². The largest absolute Gasteiger partial charge is 0.390 e. The van der Waals surface area contributed by atoms with E-state index in [0.29, 0.717) is 0 Å². The van der Waals surface area contributed by atoms with Crippen molar-refractivity contribution in [3.8, 4) is 12.3 Å². The highest BCUT2D eigenvalue weighted by molar-refractivity contribution is 5.02. The summed E-state index contributed by atoms with van der Waals surface area (Å²) in [5.74, 6) is 2.60. The minimum absolute atomic E-state index is 0.0509. The van der Waals surface area contributed by atoms with Crippen molar-refractivity contribution in [2.75, 3.05) is 20.1 Å². The highest BCUT2D eigenvalue weighted by Gasteiger charge is 2.26. The van der Waals surface area contributed by atoms with Gasteiger partial charge in [-0.25, -0.2) is 0 Å². The Morgan fingerprint density at radius 1 is 1.67 bits per heavy atom. The molecule has 2 nitrogen and oxygen atoms in total. The maximum absolute atomic E-state index is 9.18. The molecule has 0 radical (unpaired) electrons. The van der Waals surface area contributed by atoms with E-state index in [-0.39, 0.29) is 12.0 Å². The molecule has 1 aliphatic rings. The lowest BCUT2D eigenvalue weighted by Gasteiger charge is -2.02. The number of nitrogens with zero attached hydrogens (tertiary/aromatic N) is 1. The second kappa shape index (κ2) is 2.38. The van der Waals surface area contributed by atoms with Crippen LogP contribution in [-0.2, 0) is 0 Å². The molecule has 0 aliphatic carbocycles. The van der Waals surface area contributed by atoms with Crippen LogP contribution in [-0.4, -0.2) is 36.2 Å². The predicted octanol–water partition coefficient (Wildman–Crippen LogP) is -0.458. The molecule has 0 amide bonds. The lowest BCUT2D eigenvalue weighted by Crippen LogP contribution is -2.16. The van der Waals surface area contributed by atoms with Crippen LogP contribution >= 0.6 is 0 Å². The molecule has 50 valence electrons. The Hall–Kier alpha value is -0.520. The fraction of sp³-hybridized carbons (Fsp3) is 0.714. The molecule has 1 saturated heterocycles. The van der Waals surface area contributed by atoms with Gasteiger partial charge >= 0.3 is 0 Å². The molecule has 1 fully saturated rings. The Labute approximate surface area is 55.5 Å². The van der Waals surface area contributed by atoms with E-state index in [1.807, 2.05) is 11.9 Å². The normalized spacial score (nSPS) is 36.6. The van der Waals surface area contributed by atoms with Crippen LogP contribution in [0.15, 0.2) is 0 Å². The second-order valence-electron chi connectivity index (χ2n) is 2.56. The van der Waals surface area contributed by atoms with Crippen LogP contribution in [0.1, 0.15) is 0 Å². The Morgan fingerprint density at radius 3 is 2.56 bits per heavy atom. The topological polar surface area (TPSA) is 23.5 Å². The van der Waals surface area contributed by atoms with Gasteiger partial charge in [0.2, 0.25) is 0 Å². The molecule has 0 saturated carbocycles. The number of rotatable bonds is 0. The van der Waals surface area contributed by atoms with Crippen molar-refractivity contribution in [3.05, 3.63) is 0 Å². The highest BCUT2D eigenvalue weighted by Crippen LogP contribution is 2.13. The summed E-state index contributed by atoms with van der Waals surface area (Å²) in [7, 11) is 1.96. The number of hydrogen-bond donors (Lipinski definition) is 1. The fourth-order valence-corrected chi connectivity index (χ4v) is 1.14. The maximum atomic E-state index is 9.18. The molecule has 0 aromatic heterocycles. The van der Waals surface area contributed by atoms with Crippen LogP contribution in [0.3, 0.4) is 0 Å². The van der Waals surface area contributed by atoms with E-state index < -0.39 is 0 Å². The van der Waals surface area contributed by atoms with E-state index in [9.17, 15) is 5.11 Å². The molecule has 0 unspecified atom stereocenters. The van der Waals surface area contributed by atoms with E-state index in [0.717, 1.165) is 13.1 Å². The third kappa shape index (κ3) is 1.24. The van der Waals surface area contributed by atoms with E-state index >= 15 is 0 Å². The van der Waals surface area contributed by atoms with Crippen molar-refractivity contribution in [3.63, 3.8) is 0 Å². The Morgan fingerprint density at radius 2 is 2.33 bits per heavy atom. The van der Waals surface area contributed by atoms with Gasteiger partial charge in [-0.1, -0.05) is 5.92 Å². The summed E-state index contributed by atoms with van der Waals surface area (Å²) in [6.07, 6.45) is 4.84. The zero-order valence-corrected chi connectivity index (χ0v) is 5.54. The molecule has 1 aliphatic heterocycles. The second-order valence-corrected chi connectivity index (χ2v) is 2.56. The standard InChI is InChI=1S/C7H11NO/c1-3-6-4-8(2)5-7(6)9/h1,6-7,9H,4-5H2,2H3/t6-,7-/m0/s1. The molecule has 1 heterocycles. The van der Waals surface area contributed by atoms with Crippen LogP contribution in [0.4, 0.5) is 0 Å². The molecular formula is C7H11NO. The van der Waals surface area contributed by atoms with Crippen molar-refractivity contribution in [2.24, 2.45) is 5.92 Å². The Balaban J connectivity index is 2.50.